The maximum absolute atomic E-state index is 12.6. The Balaban J connectivity index is 2.46. The Labute approximate surface area is 64.2 Å². The number of alkyl halides is 1. The molecule has 0 aromatic heterocycles. The van der Waals surface area contributed by atoms with Gasteiger partial charge in [-0.1, -0.05) is 0 Å². The molecular weight excluding hydrogens is 151 g/mol. The fourth-order valence-corrected chi connectivity index (χ4v) is 1.32. The standard InChI is InChI=1S/C7H11FO3/c1-11-7(10)4-2-5(8)6(9)3-4/h4-6,9H,2-3H2,1H3/t4?,5-,6?/m1/s1. The highest BCUT2D eigenvalue weighted by Gasteiger charge is 2.37. The highest BCUT2D eigenvalue weighted by molar-refractivity contribution is 5.72. The summed E-state index contributed by atoms with van der Waals surface area (Å²) in [6, 6.07) is 0. The van der Waals surface area contributed by atoms with Gasteiger partial charge in [-0.15, -0.1) is 0 Å². The second kappa shape index (κ2) is 3.17. The van der Waals surface area contributed by atoms with Crippen LogP contribution in [-0.4, -0.2) is 30.5 Å². The average Bonchev–Trinajstić information content (AvgIpc) is 2.31. The van der Waals surface area contributed by atoms with Crippen LogP contribution in [0.15, 0.2) is 0 Å². The molecule has 1 saturated carbocycles. The molecule has 0 bridgehead atoms. The molecule has 0 amide bonds. The van der Waals surface area contributed by atoms with E-state index in [0.717, 1.165) is 0 Å². The van der Waals surface area contributed by atoms with Crippen LogP contribution in [0.5, 0.6) is 0 Å². The Kier molecular flexibility index (Phi) is 2.44. The molecule has 11 heavy (non-hydrogen) atoms. The van der Waals surface area contributed by atoms with Crippen molar-refractivity contribution in [3.8, 4) is 0 Å². The quantitative estimate of drug-likeness (QED) is 0.563. The number of carbonyl (C=O) groups excluding carboxylic acids is 1. The van der Waals surface area contributed by atoms with Crippen LogP contribution in [0.1, 0.15) is 12.8 Å². The van der Waals surface area contributed by atoms with Crippen LogP contribution in [0.4, 0.5) is 4.39 Å². The molecule has 1 N–H and O–H groups in total. The second-order valence-electron chi connectivity index (χ2n) is 2.77. The van der Waals surface area contributed by atoms with Gasteiger partial charge in [-0.2, -0.15) is 0 Å². The maximum atomic E-state index is 12.6. The summed E-state index contributed by atoms with van der Waals surface area (Å²) >= 11 is 0. The molecule has 1 aliphatic carbocycles. The molecule has 3 nitrogen and oxygen atoms in total. The van der Waals surface area contributed by atoms with Crippen molar-refractivity contribution in [3.05, 3.63) is 0 Å². The molecule has 0 aliphatic heterocycles. The molecular formula is C7H11FO3. The van der Waals surface area contributed by atoms with Gasteiger partial charge in [-0.05, 0) is 12.8 Å². The summed E-state index contributed by atoms with van der Waals surface area (Å²) in [6.45, 7) is 0. The molecule has 0 aromatic carbocycles. The first-order valence-electron chi connectivity index (χ1n) is 3.55. The number of carbonyl (C=O) groups is 1. The van der Waals surface area contributed by atoms with Crippen molar-refractivity contribution in [2.45, 2.75) is 25.1 Å². The number of hydrogen-bond donors (Lipinski definition) is 1. The minimum atomic E-state index is -1.26. The Morgan fingerprint density at radius 2 is 2.27 bits per heavy atom. The zero-order valence-electron chi connectivity index (χ0n) is 6.29. The van der Waals surface area contributed by atoms with Gasteiger partial charge in [0.2, 0.25) is 0 Å². The van der Waals surface area contributed by atoms with Crippen LogP contribution in [0.3, 0.4) is 0 Å². The number of ether oxygens (including phenoxy) is 1. The van der Waals surface area contributed by atoms with Gasteiger partial charge in [-0.3, -0.25) is 4.79 Å². The van der Waals surface area contributed by atoms with Crippen molar-refractivity contribution in [1.82, 2.24) is 0 Å². The van der Waals surface area contributed by atoms with Crippen molar-refractivity contribution in [1.29, 1.82) is 0 Å². The number of halogens is 1. The zero-order chi connectivity index (χ0) is 8.43. The first-order chi connectivity index (χ1) is 5.15. The fraction of sp³-hybridized carbons (Fsp3) is 0.857. The van der Waals surface area contributed by atoms with E-state index in [2.05, 4.69) is 4.74 Å². The van der Waals surface area contributed by atoms with Gasteiger partial charge < -0.3 is 9.84 Å². The van der Waals surface area contributed by atoms with E-state index in [0.29, 0.717) is 0 Å². The third-order valence-corrected chi connectivity index (χ3v) is 1.99. The molecule has 1 rings (SSSR count). The number of aliphatic hydroxyl groups is 1. The summed E-state index contributed by atoms with van der Waals surface area (Å²) in [5.41, 5.74) is 0. The second-order valence-corrected chi connectivity index (χ2v) is 2.77. The Morgan fingerprint density at radius 1 is 1.64 bits per heavy atom. The predicted molar refractivity (Wildman–Crippen MR) is 35.6 cm³/mol. The summed E-state index contributed by atoms with van der Waals surface area (Å²) in [5.74, 6) is -0.880. The highest BCUT2D eigenvalue weighted by atomic mass is 19.1. The van der Waals surface area contributed by atoms with E-state index in [1.54, 1.807) is 0 Å². The van der Waals surface area contributed by atoms with Crippen molar-refractivity contribution in [3.63, 3.8) is 0 Å². The van der Waals surface area contributed by atoms with E-state index in [9.17, 15) is 9.18 Å². The topological polar surface area (TPSA) is 46.5 Å². The lowest BCUT2D eigenvalue weighted by molar-refractivity contribution is -0.145. The lowest BCUT2D eigenvalue weighted by Gasteiger charge is -2.03. The predicted octanol–water partition coefficient (Wildman–Crippen LogP) is 0.268. The van der Waals surface area contributed by atoms with Gasteiger partial charge in [0.05, 0.1) is 19.1 Å². The Hall–Kier alpha value is -0.640. The van der Waals surface area contributed by atoms with E-state index >= 15 is 0 Å². The Morgan fingerprint density at radius 3 is 2.64 bits per heavy atom. The van der Waals surface area contributed by atoms with Crippen molar-refractivity contribution in [2.24, 2.45) is 5.92 Å². The molecule has 2 unspecified atom stereocenters. The number of rotatable bonds is 1. The lowest BCUT2D eigenvalue weighted by atomic mass is 10.1. The summed E-state index contributed by atoms with van der Waals surface area (Å²) < 4.78 is 17.0. The number of esters is 1. The zero-order valence-corrected chi connectivity index (χ0v) is 6.29. The third-order valence-electron chi connectivity index (χ3n) is 1.99. The maximum Gasteiger partial charge on any atom is 0.308 e. The molecule has 0 saturated heterocycles. The molecule has 0 aromatic rings. The molecule has 3 atom stereocenters. The van der Waals surface area contributed by atoms with Gasteiger partial charge in [-0.25, -0.2) is 4.39 Å². The van der Waals surface area contributed by atoms with Crippen LogP contribution in [0, 0.1) is 5.92 Å². The fourth-order valence-electron chi connectivity index (χ4n) is 1.32. The minimum Gasteiger partial charge on any atom is -0.469 e. The molecule has 1 fully saturated rings. The van der Waals surface area contributed by atoms with Crippen molar-refractivity contribution < 1.29 is 19.0 Å². The van der Waals surface area contributed by atoms with E-state index in [1.807, 2.05) is 0 Å². The largest absolute Gasteiger partial charge is 0.469 e. The van der Waals surface area contributed by atoms with Crippen molar-refractivity contribution in [2.75, 3.05) is 7.11 Å². The molecule has 0 spiro atoms. The highest BCUT2D eigenvalue weighted by Crippen LogP contribution is 2.28. The van der Waals surface area contributed by atoms with Crippen LogP contribution in [0.2, 0.25) is 0 Å². The van der Waals surface area contributed by atoms with Gasteiger partial charge >= 0.3 is 5.97 Å². The molecule has 0 heterocycles. The summed E-state index contributed by atoms with van der Waals surface area (Å²) in [5, 5.41) is 8.93. The minimum absolute atomic E-state index is 0.0911. The Bertz CT molecular complexity index is 150. The number of hydrogen-bond acceptors (Lipinski definition) is 3. The average molecular weight is 162 g/mol. The monoisotopic (exact) mass is 162 g/mol. The van der Waals surface area contributed by atoms with Crippen LogP contribution < -0.4 is 0 Å². The van der Waals surface area contributed by atoms with Crippen LogP contribution in [0.25, 0.3) is 0 Å². The van der Waals surface area contributed by atoms with Crippen LogP contribution >= 0.6 is 0 Å². The smallest absolute Gasteiger partial charge is 0.308 e. The summed E-state index contributed by atoms with van der Waals surface area (Å²) in [4.78, 5) is 10.8. The normalized spacial score (nSPS) is 37.2. The van der Waals surface area contributed by atoms with Crippen LogP contribution in [-0.2, 0) is 9.53 Å². The van der Waals surface area contributed by atoms with Crippen molar-refractivity contribution >= 4 is 5.97 Å². The van der Waals surface area contributed by atoms with E-state index in [1.165, 1.54) is 7.11 Å². The van der Waals surface area contributed by atoms with Gasteiger partial charge in [0, 0.05) is 0 Å². The summed E-state index contributed by atoms with van der Waals surface area (Å²) in [6.07, 6.45) is -1.97. The van der Waals surface area contributed by atoms with Gasteiger partial charge in [0.25, 0.3) is 0 Å². The van der Waals surface area contributed by atoms with Gasteiger partial charge in [0.15, 0.2) is 0 Å². The number of aliphatic hydroxyl groups excluding tert-OH is 1. The van der Waals surface area contributed by atoms with Gasteiger partial charge in [0.1, 0.15) is 6.17 Å². The van der Waals surface area contributed by atoms with E-state index in [4.69, 9.17) is 5.11 Å². The molecule has 64 valence electrons. The SMILES string of the molecule is COC(=O)C1CC(O)[C@H](F)C1. The summed E-state index contributed by atoms with van der Waals surface area (Å²) in [7, 11) is 1.26. The molecule has 0 radical (unpaired) electrons. The van der Waals surface area contributed by atoms with E-state index in [-0.39, 0.29) is 12.8 Å². The third kappa shape index (κ3) is 1.68. The lowest BCUT2D eigenvalue weighted by Crippen LogP contribution is -2.13. The molecule has 1 aliphatic rings. The van der Waals surface area contributed by atoms with E-state index < -0.39 is 24.2 Å². The molecule has 4 heteroatoms. The number of methoxy groups -OCH3 is 1. The first kappa shape index (κ1) is 8.46. The first-order valence-corrected chi connectivity index (χ1v) is 3.55.